The second kappa shape index (κ2) is 18.1. The predicted molar refractivity (Wildman–Crippen MR) is 272 cm³/mol. The summed E-state index contributed by atoms with van der Waals surface area (Å²) in [5.74, 6) is 1.28. The van der Waals surface area contributed by atoms with Crippen LogP contribution in [0.15, 0.2) is 191 Å². The number of hydrogen-bond acceptors (Lipinski definition) is 4. The average molecular weight is 1050 g/mol. The summed E-state index contributed by atoms with van der Waals surface area (Å²) >= 11 is 0. The molecule has 0 aliphatic carbocycles. The molecule has 0 atom stereocenters. The number of imidazole rings is 1. The molecule has 0 spiro atoms. The number of aromatic nitrogens is 3. The summed E-state index contributed by atoms with van der Waals surface area (Å²) in [6.07, 6.45) is 1.70. The van der Waals surface area contributed by atoms with Gasteiger partial charge in [-0.05, 0) is 106 Å². The maximum absolute atomic E-state index is 7.25. The smallest absolute Gasteiger partial charge is 0.136 e. The molecule has 4 aromatic heterocycles. The standard InChI is InChI=1S/C49H37N2O2.C12H10N.Ir/c1-29(2)40-25-34(33-22-23-36-35-15-8-11-20-44(35)52-45(36)28-33)26-41(30(3)4)47(40)51-43-19-10-9-18-42(43)50-49(51)39-17-12-16-38-37-24-21-32(27-46(37)53-48(38)39)31-13-6-5-7-14-31;1-10-5-7-11(8-6-10)12-4-2-3-9-13-12;/h5-16,18-30H,1-4H3;2-7,9H,1H3;/q2*-1;/i;1D3;. The number of rotatable bonds is 7. The molecule has 67 heavy (non-hydrogen) atoms. The molecule has 12 rings (SSSR count). The fourth-order valence-corrected chi connectivity index (χ4v) is 9.13. The molecular formula is C61H47IrN3O2-2. The molecule has 0 saturated heterocycles. The van der Waals surface area contributed by atoms with E-state index < -0.39 is 6.85 Å². The first kappa shape index (κ1) is 39.9. The van der Waals surface area contributed by atoms with Gasteiger partial charge < -0.3 is 18.4 Å². The number of hydrogen-bond donors (Lipinski definition) is 0. The average Bonchev–Trinajstić information content (AvgIpc) is 4.07. The zero-order valence-corrected chi connectivity index (χ0v) is 39.9. The monoisotopic (exact) mass is 1050 g/mol. The van der Waals surface area contributed by atoms with Crippen molar-refractivity contribution in [3.8, 4) is 50.6 Å². The maximum atomic E-state index is 7.25. The third-order valence-corrected chi connectivity index (χ3v) is 12.4. The first-order valence-electron chi connectivity index (χ1n) is 23.9. The van der Waals surface area contributed by atoms with Crippen molar-refractivity contribution in [2.45, 2.75) is 46.4 Å². The normalized spacial score (nSPS) is 12.4. The van der Waals surface area contributed by atoms with Gasteiger partial charge in [-0.2, -0.15) is 0 Å². The minimum Gasteiger partial charge on any atom is -0.501 e. The van der Waals surface area contributed by atoms with Crippen LogP contribution in [0, 0.1) is 19.0 Å². The van der Waals surface area contributed by atoms with Crippen LogP contribution in [-0.2, 0) is 20.1 Å². The van der Waals surface area contributed by atoms with Gasteiger partial charge in [0.15, 0.2) is 0 Å². The Morgan fingerprint density at radius 3 is 1.96 bits per heavy atom. The van der Waals surface area contributed by atoms with Gasteiger partial charge in [-0.1, -0.05) is 136 Å². The van der Waals surface area contributed by atoms with E-state index in [0.29, 0.717) is 5.56 Å². The third-order valence-electron chi connectivity index (χ3n) is 12.4. The predicted octanol–water partition coefficient (Wildman–Crippen LogP) is 16.7. The zero-order chi connectivity index (χ0) is 47.4. The van der Waals surface area contributed by atoms with Crippen LogP contribution in [0.25, 0.3) is 105 Å². The number of aryl methyl sites for hydroxylation is 1. The van der Waals surface area contributed by atoms with Gasteiger partial charge in [0.1, 0.15) is 16.7 Å². The summed E-state index contributed by atoms with van der Waals surface area (Å²) in [5, 5.41) is 4.41. The Morgan fingerprint density at radius 2 is 1.24 bits per heavy atom. The Bertz CT molecular complexity index is 3810. The summed E-state index contributed by atoms with van der Waals surface area (Å²) < 4.78 is 37.2. The molecule has 0 saturated carbocycles. The van der Waals surface area contributed by atoms with Crippen LogP contribution in [0.1, 0.15) is 60.3 Å². The van der Waals surface area contributed by atoms with Crippen LogP contribution < -0.4 is 0 Å². The molecule has 0 unspecified atom stereocenters. The van der Waals surface area contributed by atoms with E-state index in [-0.39, 0.29) is 31.9 Å². The SMILES string of the molecule is CC(C)c1cc(-c2ccc3c(c2)oc2ccccc23)cc(C(C)C)c1-n1c(-c2[c-]ccc3c2oc2cc(-c4ccccc4)ccc23)nc2ccccc21.[2H]C([2H])([2H])c1c[c-]c(-c2ccccn2)cc1.[Ir]. The summed E-state index contributed by atoms with van der Waals surface area (Å²) in [6, 6.07) is 66.0. The Hall–Kier alpha value is -7.37. The third kappa shape index (κ3) is 8.07. The van der Waals surface area contributed by atoms with Gasteiger partial charge in [-0.3, -0.25) is 4.98 Å². The van der Waals surface area contributed by atoms with Crippen molar-refractivity contribution in [1.82, 2.24) is 14.5 Å². The molecule has 12 aromatic rings. The van der Waals surface area contributed by atoms with Gasteiger partial charge in [0.05, 0.1) is 22.4 Å². The topological polar surface area (TPSA) is 57.0 Å². The molecule has 0 fully saturated rings. The summed E-state index contributed by atoms with van der Waals surface area (Å²) in [7, 11) is 0. The molecule has 4 heterocycles. The molecule has 0 aliphatic rings. The van der Waals surface area contributed by atoms with E-state index in [0.717, 1.165) is 94.2 Å². The number of nitrogens with zero attached hydrogens (tertiary/aromatic N) is 3. The van der Waals surface area contributed by atoms with Gasteiger partial charge >= 0.3 is 0 Å². The first-order valence-corrected chi connectivity index (χ1v) is 22.4. The van der Waals surface area contributed by atoms with E-state index >= 15 is 0 Å². The van der Waals surface area contributed by atoms with Crippen molar-refractivity contribution in [2.75, 3.05) is 0 Å². The van der Waals surface area contributed by atoms with Crippen LogP contribution in [0.5, 0.6) is 0 Å². The van der Waals surface area contributed by atoms with Crippen LogP contribution in [0.4, 0.5) is 0 Å². The summed E-state index contributed by atoms with van der Waals surface area (Å²) in [5.41, 5.74) is 16.4. The Morgan fingerprint density at radius 1 is 0.567 bits per heavy atom. The number of benzene rings is 8. The Balaban J connectivity index is 0.000000285. The maximum Gasteiger partial charge on any atom is 0.136 e. The van der Waals surface area contributed by atoms with E-state index in [9.17, 15) is 0 Å². The molecular weight excluding hydrogens is 999 g/mol. The van der Waals surface area contributed by atoms with E-state index in [1.165, 1.54) is 28.4 Å². The molecule has 8 aromatic carbocycles. The fraction of sp³-hybridized carbons (Fsp3) is 0.115. The second-order valence-electron chi connectivity index (χ2n) is 17.4. The van der Waals surface area contributed by atoms with Gasteiger partial charge in [-0.25, -0.2) is 0 Å². The van der Waals surface area contributed by atoms with E-state index in [4.69, 9.17) is 17.9 Å². The van der Waals surface area contributed by atoms with Crippen LogP contribution in [-0.4, -0.2) is 14.5 Å². The quantitative estimate of drug-likeness (QED) is 0.149. The van der Waals surface area contributed by atoms with Gasteiger partial charge in [0, 0.05) is 52.3 Å². The molecule has 0 aliphatic heterocycles. The largest absolute Gasteiger partial charge is 0.501 e. The second-order valence-corrected chi connectivity index (χ2v) is 17.4. The molecule has 0 amide bonds. The van der Waals surface area contributed by atoms with Crippen molar-refractivity contribution in [3.63, 3.8) is 0 Å². The van der Waals surface area contributed by atoms with Gasteiger partial charge in [0.2, 0.25) is 0 Å². The van der Waals surface area contributed by atoms with Crippen molar-refractivity contribution in [1.29, 1.82) is 0 Å². The molecule has 0 N–H and O–H groups in total. The summed E-state index contributed by atoms with van der Waals surface area (Å²) in [6.45, 7) is 7.06. The van der Waals surface area contributed by atoms with Crippen LogP contribution >= 0.6 is 0 Å². The molecule has 0 bridgehead atoms. The minimum absolute atomic E-state index is 0. The van der Waals surface area contributed by atoms with Crippen LogP contribution in [0.3, 0.4) is 0 Å². The Kier molecular flexibility index (Phi) is 10.8. The van der Waals surface area contributed by atoms with Crippen molar-refractivity contribution < 1.29 is 33.1 Å². The van der Waals surface area contributed by atoms with Gasteiger partial charge in [0.25, 0.3) is 0 Å². The van der Waals surface area contributed by atoms with E-state index in [2.05, 4.69) is 165 Å². The minimum atomic E-state index is -2.07. The Labute approximate surface area is 408 Å². The number of para-hydroxylation sites is 3. The molecule has 5 nitrogen and oxygen atoms in total. The van der Waals surface area contributed by atoms with Crippen molar-refractivity contribution >= 4 is 54.9 Å². The first-order chi connectivity index (χ1) is 33.5. The summed E-state index contributed by atoms with van der Waals surface area (Å²) in [4.78, 5) is 9.51. The number of fused-ring (bicyclic) bond motifs is 7. The fourth-order valence-electron chi connectivity index (χ4n) is 9.13. The van der Waals surface area contributed by atoms with E-state index in [1.54, 1.807) is 18.3 Å². The zero-order valence-electron chi connectivity index (χ0n) is 40.5. The van der Waals surface area contributed by atoms with Gasteiger partial charge in [-0.15, -0.1) is 53.6 Å². The molecule has 329 valence electrons. The van der Waals surface area contributed by atoms with Crippen molar-refractivity contribution in [2.24, 2.45) is 0 Å². The van der Waals surface area contributed by atoms with Crippen LogP contribution in [0.2, 0.25) is 0 Å². The number of pyridine rings is 1. The van der Waals surface area contributed by atoms with Crippen molar-refractivity contribution in [3.05, 3.63) is 211 Å². The number of furan rings is 2. The van der Waals surface area contributed by atoms with E-state index in [1.807, 2.05) is 42.5 Å². The molecule has 6 heteroatoms. The molecule has 1 radical (unpaired) electrons.